The van der Waals surface area contributed by atoms with E-state index in [0.717, 1.165) is 11.8 Å². The van der Waals surface area contributed by atoms with Crippen LogP contribution in [0.1, 0.15) is 46.1 Å². The van der Waals surface area contributed by atoms with Crippen LogP contribution in [-0.2, 0) is 26.0 Å². The Morgan fingerprint density at radius 3 is 2.29 bits per heavy atom. The number of amides is 2. The molecule has 38 heavy (non-hydrogen) atoms. The van der Waals surface area contributed by atoms with E-state index in [2.05, 4.69) is 5.32 Å². The fraction of sp³-hybridized carbons (Fsp3) is 0.500. The van der Waals surface area contributed by atoms with E-state index >= 15 is 0 Å². The van der Waals surface area contributed by atoms with Crippen LogP contribution in [-0.4, -0.2) is 69.3 Å². The van der Waals surface area contributed by atoms with Crippen LogP contribution in [0.5, 0.6) is 11.5 Å². The Bertz CT molecular complexity index is 1210. The van der Waals surface area contributed by atoms with Crippen LogP contribution in [0.25, 0.3) is 0 Å². The van der Waals surface area contributed by atoms with E-state index in [0.29, 0.717) is 43.4 Å². The average Bonchev–Trinajstić information content (AvgIpc) is 2.85. The van der Waals surface area contributed by atoms with Gasteiger partial charge in [0.25, 0.3) is 0 Å². The molecule has 208 valence electrons. The highest BCUT2D eigenvalue weighted by Crippen LogP contribution is 2.34. The van der Waals surface area contributed by atoms with Crippen molar-refractivity contribution in [3.63, 3.8) is 0 Å². The molecule has 10 heteroatoms. The lowest BCUT2D eigenvalue weighted by Crippen LogP contribution is -2.53. The van der Waals surface area contributed by atoms with Crippen molar-refractivity contribution in [1.82, 2.24) is 10.2 Å². The summed E-state index contributed by atoms with van der Waals surface area (Å²) in [5, 5.41) is 2.95. The summed E-state index contributed by atoms with van der Waals surface area (Å²) in [6, 6.07) is 14.1. The molecule has 1 aliphatic heterocycles. The van der Waals surface area contributed by atoms with Crippen LogP contribution in [0.4, 0.5) is 5.69 Å². The van der Waals surface area contributed by atoms with E-state index in [4.69, 9.17) is 9.47 Å². The van der Waals surface area contributed by atoms with Gasteiger partial charge in [0.15, 0.2) is 11.5 Å². The van der Waals surface area contributed by atoms with Gasteiger partial charge in [-0.1, -0.05) is 30.3 Å². The van der Waals surface area contributed by atoms with Crippen LogP contribution >= 0.6 is 0 Å². The molecule has 1 heterocycles. The number of nitrogens with zero attached hydrogens (tertiary/aromatic N) is 2. The van der Waals surface area contributed by atoms with Gasteiger partial charge in [-0.15, -0.1) is 0 Å². The van der Waals surface area contributed by atoms with E-state index in [-0.39, 0.29) is 31.2 Å². The summed E-state index contributed by atoms with van der Waals surface area (Å²) < 4.78 is 37.6. The first kappa shape index (κ1) is 29.3. The SMILES string of the molecule is C[C@H](C(=O)NC(C)(C)C)N(CCc1ccccc1)C(=O)CCCN(c1ccc2c(c1)OCCO2)S(C)(=O)=O. The molecule has 0 unspecified atom stereocenters. The zero-order chi connectivity index (χ0) is 27.9. The second-order valence-electron chi connectivity index (χ2n) is 10.5. The summed E-state index contributed by atoms with van der Waals surface area (Å²) in [4.78, 5) is 27.9. The Kier molecular flexibility index (Phi) is 9.65. The van der Waals surface area contributed by atoms with Gasteiger partial charge in [0, 0.05) is 31.1 Å². The molecular formula is C28H39N3O6S. The smallest absolute Gasteiger partial charge is 0.242 e. The van der Waals surface area contributed by atoms with Crippen LogP contribution in [0.3, 0.4) is 0 Å². The molecule has 1 atom stereocenters. The highest BCUT2D eigenvalue weighted by Gasteiger charge is 2.28. The first-order chi connectivity index (χ1) is 17.8. The standard InChI is InChI=1S/C28H39N3O6S/c1-21(27(33)29-28(2,3)4)30(17-15-22-10-7-6-8-11-22)26(32)12-9-16-31(38(5,34)35)23-13-14-24-25(20-23)37-19-18-36-24/h6-8,10-11,13-14,20-21H,9,12,15-19H2,1-5H3,(H,29,33)/t21-/m1/s1. The molecule has 0 aromatic heterocycles. The number of carbonyl (C=O) groups is 2. The molecule has 0 radical (unpaired) electrons. The number of ether oxygens (including phenoxy) is 2. The molecule has 2 aromatic carbocycles. The van der Waals surface area contributed by atoms with E-state index in [1.54, 1.807) is 30.0 Å². The Balaban J connectivity index is 1.70. The van der Waals surface area contributed by atoms with Crippen molar-refractivity contribution in [2.75, 3.05) is 36.9 Å². The maximum atomic E-state index is 13.4. The van der Waals surface area contributed by atoms with Gasteiger partial charge in [0.05, 0.1) is 11.9 Å². The summed E-state index contributed by atoms with van der Waals surface area (Å²) in [6.07, 6.45) is 2.12. The second-order valence-corrected chi connectivity index (χ2v) is 12.4. The predicted octanol–water partition coefficient (Wildman–Crippen LogP) is 3.38. The highest BCUT2D eigenvalue weighted by molar-refractivity contribution is 7.92. The summed E-state index contributed by atoms with van der Waals surface area (Å²) in [5.74, 6) is 0.630. The molecule has 0 spiro atoms. The monoisotopic (exact) mass is 545 g/mol. The number of sulfonamides is 1. The van der Waals surface area contributed by atoms with Crippen molar-refractivity contribution < 1.29 is 27.5 Å². The van der Waals surface area contributed by atoms with Crippen LogP contribution in [0, 0.1) is 0 Å². The van der Waals surface area contributed by atoms with Gasteiger partial charge in [-0.2, -0.15) is 0 Å². The third-order valence-electron chi connectivity index (χ3n) is 6.12. The number of benzene rings is 2. The lowest BCUT2D eigenvalue weighted by Gasteiger charge is -2.32. The zero-order valence-corrected chi connectivity index (χ0v) is 23.7. The summed E-state index contributed by atoms with van der Waals surface area (Å²) in [7, 11) is -3.61. The molecule has 2 amide bonds. The van der Waals surface area contributed by atoms with Gasteiger partial charge >= 0.3 is 0 Å². The molecule has 9 nitrogen and oxygen atoms in total. The quantitative estimate of drug-likeness (QED) is 0.464. The van der Waals surface area contributed by atoms with E-state index in [1.807, 2.05) is 51.1 Å². The average molecular weight is 546 g/mol. The predicted molar refractivity (Wildman–Crippen MR) is 148 cm³/mol. The second kappa shape index (κ2) is 12.5. The molecule has 0 fully saturated rings. The molecule has 2 aromatic rings. The lowest BCUT2D eigenvalue weighted by atomic mass is 10.1. The number of nitrogens with one attached hydrogen (secondary N) is 1. The normalized spacial score (nSPS) is 13.9. The third kappa shape index (κ3) is 8.37. The third-order valence-corrected chi connectivity index (χ3v) is 7.31. The van der Waals surface area contributed by atoms with Gasteiger partial charge in [0.1, 0.15) is 19.3 Å². The minimum atomic E-state index is -3.61. The Labute approximate surface area is 226 Å². The van der Waals surface area contributed by atoms with E-state index < -0.39 is 21.6 Å². The molecule has 1 N–H and O–H groups in total. The van der Waals surface area contributed by atoms with Crippen molar-refractivity contribution in [3.8, 4) is 11.5 Å². The number of hydrogen-bond acceptors (Lipinski definition) is 6. The lowest BCUT2D eigenvalue weighted by molar-refractivity contribution is -0.140. The maximum absolute atomic E-state index is 13.4. The van der Waals surface area contributed by atoms with Gasteiger partial charge in [-0.3, -0.25) is 13.9 Å². The molecule has 0 saturated heterocycles. The molecule has 0 saturated carbocycles. The van der Waals surface area contributed by atoms with E-state index in [9.17, 15) is 18.0 Å². The topological polar surface area (TPSA) is 105 Å². The number of fused-ring (bicyclic) bond motifs is 1. The van der Waals surface area contributed by atoms with Gasteiger partial charge in [-0.05, 0) is 58.2 Å². The first-order valence-corrected chi connectivity index (χ1v) is 14.7. The Hall–Kier alpha value is -3.27. The van der Waals surface area contributed by atoms with Crippen molar-refractivity contribution in [2.45, 2.75) is 58.5 Å². The largest absolute Gasteiger partial charge is 0.486 e. The van der Waals surface area contributed by atoms with Crippen molar-refractivity contribution in [1.29, 1.82) is 0 Å². The first-order valence-electron chi connectivity index (χ1n) is 12.9. The maximum Gasteiger partial charge on any atom is 0.242 e. The summed E-state index contributed by atoms with van der Waals surface area (Å²) in [5.41, 5.74) is 1.08. The summed E-state index contributed by atoms with van der Waals surface area (Å²) in [6.45, 7) is 8.73. The minimum absolute atomic E-state index is 0.0957. The molecule has 0 bridgehead atoms. The van der Waals surface area contributed by atoms with Crippen molar-refractivity contribution in [3.05, 3.63) is 54.1 Å². The van der Waals surface area contributed by atoms with E-state index in [1.165, 1.54) is 4.31 Å². The van der Waals surface area contributed by atoms with Gasteiger partial charge in [0.2, 0.25) is 21.8 Å². The number of rotatable bonds is 11. The number of hydrogen-bond donors (Lipinski definition) is 1. The van der Waals surface area contributed by atoms with Gasteiger partial charge in [-0.25, -0.2) is 8.42 Å². The highest BCUT2D eigenvalue weighted by atomic mass is 32.2. The fourth-order valence-corrected chi connectivity index (χ4v) is 5.19. The number of anilines is 1. The minimum Gasteiger partial charge on any atom is -0.486 e. The van der Waals surface area contributed by atoms with Crippen LogP contribution < -0.4 is 19.1 Å². The molecule has 1 aliphatic rings. The van der Waals surface area contributed by atoms with Crippen molar-refractivity contribution >= 4 is 27.5 Å². The molecule has 3 rings (SSSR count). The van der Waals surface area contributed by atoms with Crippen LogP contribution in [0.15, 0.2) is 48.5 Å². The Morgan fingerprint density at radius 2 is 1.66 bits per heavy atom. The Morgan fingerprint density at radius 1 is 1.00 bits per heavy atom. The molecular weight excluding hydrogens is 506 g/mol. The van der Waals surface area contributed by atoms with Gasteiger partial charge < -0.3 is 19.7 Å². The van der Waals surface area contributed by atoms with Crippen molar-refractivity contribution in [2.24, 2.45) is 0 Å². The zero-order valence-electron chi connectivity index (χ0n) is 22.9. The summed E-state index contributed by atoms with van der Waals surface area (Å²) >= 11 is 0. The fourth-order valence-electron chi connectivity index (χ4n) is 4.24. The van der Waals surface area contributed by atoms with Crippen LogP contribution in [0.2, 0.25) is 0 Å². The molecule has 0 aliphatic carbocycles. The number of carbonyl (C=O) groups excluding carboxylic acids is 2.